The first-order valence-corrected chi connectivity index (χ1v) is 8.00. The number of aryl methyl sites for hydroxylation is 1. The zero-order chi connectivity index (χ0) is 15.1. The van der Waals surface area contributed by atoms with Crippen molar-refractivity contribution in [2.75, 3.05) is 6.54 Å². The zero-order valence-corrected chi connectivity index (χ0v) is 13.2. The van der Waals surface area contributed by atoms with Crippen LogP contribution in [0.5, 0.6) is 0 Å². The number of thiazole rings is 1. The van der Waals surface area contributed by atoms with Crippen molar-refractivity contribution in [3.63, 3.8) is 0 Å². The van der Waals surface area contributed by atoms with E-state index >= 15 is 0 Å². The molecule has 0 bridgehead atoms. The van der Waals surface area contributed by atoms with Gasteiger partial charge in [-0.3, -0.25) is 4.79 Å². The maximum Gasteiger partial charge on any atom is 0.244 e. The Morgan fingerprint density at radius 3 is 2.76 bits per heavy atom. The fraction of sp³-hybridized carbons (Fsp3) is 0.294. The highest BCUT2D eigenvalue weighted by Gasteiger charge is 2.09. The Hall–Kier alpha value is -1.94. The Balaban J connectivity index is 1.86. The molecular weight excluding hydrogens is 280 g/mol. The summed E-state index contributed by atoms with van der Waals surface area (Å²) in [4.78, 5) is 16.1. The van der Waals surface area contributed by atoms with Gasteiger partial charge in [0, 0.05) is 23.9 Å². The van der Waals surface area contributed by atoms with E-state index in [1.807, 2.05) is 30.5 Å². The predicted molar refractivity (Wildman–Crippen MR) is 88.4 cm³/mol. The van der Waals surface area contributed by atoms with E-state index in [4.69, 9.17) is 0 Å². The van der Waals surface area contributed by atoms with Gasteiger partial charge in [-0.05, 0) is 25.0 Å². The minimum absolute atomic E-state index is 0.0740. The van der Waals surface area contributed by atoms with Gasteiger partial charge >= 0.3 is 0 Å². The molecule has 0 spiro atoms. The number of carbonyl (C=O) groups excluding carboxylic acids is 1. The lowest BCUT2D eigenvalue weighted by Crippen LogP contribution is -2.26. The maximum absolute atomic E-state index is 11.9. The van der Waals surface area contributed by atoms with Crippen LogP contribution in [0.25, 0.3) is 6.08 Å². The molecule has 0 aliphatic heterocycles. The Morgan fingerprint density at radius 1 is 1.38 bits per heavy atom. The molecule has 1 aromatic carbocycles. The summed E-state index contributed by atoms with van der Waals surface area (Å²) in [7, 11) is 0. The number of hydrogen-bond acceptors (Lipinski definition) is 3. The van der Waals surface area contributed by atoms with Crippen molar-refractivity contribution in [1.82, 2.24) is 10.3 Å². The summed E-state index contributed by atoms with van der Waals surface area (Å²) >= 11 is 1.58. The van der Waals surface area contributed by atoms with Crippen LogP contribution >= 0.6 is 11.3 Å². The van der Waals surface area contributed by atoms with Gasteiger partial charge in [0.15, 0.2) is 0 Å². The van der Waals surface area contributed by atoms with Crippen molar-refractivity contribution in [2.45, 2.75) is 26.2 Å². The SMILES string of the molecule is CCC(CNC(=O)/C=C/c1csc(C)n1)c1ccccc1. The molecule has 1 amide bonds. The first kappa shape index (κ1) is 15.4. The highest BCUT2D eigenvalue weighted by molar-refractivity contribution is 7.09. The van der Waals surface area contributed by atoms with Gasteiger partial charge in [-0.15, -0.1) is 11.3 Å². The summed E-state index contributed by atoms with van der Waals surface area (Å²) in [5.41, 5.74) is 2.10. The highest BCUT2D eigenvalue weighted by atomic mass is 32.1. The van der Waals surface area contributed by atoms with E-state index in [-0.39, 0.29) is 5.91 Å². The van der Waals surface area contributed by atoms with E-state index < -0.39 is 0 Å². The number of hydrogen-bond donors (Lipinski definition) is 1. The number of nitrogens with one attached hydrogen (secondary N) is 1. The fourth-order valence-corrected chi connectivity index (χ4v) is 2.70. The molecule has 3 nitrogen and oxygen atoms in total. The van der Waals surface area contributed by atoms with Gasteiger partial charge in [-0.2, -0.15) is 0 Å². The van der Waals surface area contributed by atoms with Crippen LogP contribution in [0.1, 0.15) is 35.5 Å². The molecule has 1 unspecified atom stereocenters. The normalized spacial score (nSPS) is 12.5. The average molecular weight is 300 g/mol. The van der Waals surface area contributed by atoms with Gasteiger partial charge in [0.2, 0.25) is 5.91 Å². The number of aromatic nitrogens is 1. The van der Waals surface area contributed by atoms with Gasteiger partial charge < -0.3 is 5.32 Å². The molecule has 0 aliphatic rings. The van der Waals surface area contributed by atoms with Crippen LogP contribution in [0, 0.1) is 6.92 Å². The topological polar surface area (TPSA) is 42.0 Å². The maximum atomic E-state index is 11.9. The summed E-state index contributed by atoms with van der Waals surface area (Å²) in [5, 5.41) is 5.91. The second-order valence-electron chi connectivity index (χ2n) is 4.89. The van der Waals surface area contributed by atoms with Crippen LogP contribution in [-0.4, -0.2) is 17.4 Å². The van der Waals surface area contributed by atoms with Crippen LogP contribution in [0.3, 0.4) is 0 Å². The summed E-state index contributed by atoms with van der Waals surface area (Å²) in [6.07, 6.45) is 4.30. The van der Waals surface area contributed by atoms with Gasteiger partial charge in [-0.25, -0.2) is 4.98 Å². The van der Waals surface area contributed by atoms with E-state index in [1.165, 1.54) is 5.56 Å². The van der Waals surface area contributed by atoms with Gasteiger partial charge in [-0.1, -0.05) is 37.3 Å². The first-order chi connectivity index (χ1) is 10.2. The number of benzene rings is 1. The zero-order valence-electron chi connectivity index (χ0n) is 12.4. The summed E-state index contributed by atoms with van der Waals surface area (Å²) in [6.45, 7) is 4.74. The molecule has 1 N–H and O–H groups in total. The Morgan fingerprint density at radius 2 is 2.14 bits per heavy atom. The molecule has 1 heterocycles. The lowest BCUT2D eigenvalue weighted by atomic mass is 9.96. The van der Waals surface area contributed by atoms with Crippen LogP contribution in [0.2, 0.25) is 0 Å². The smallest absolute Gasteiger partial charge is 0.244 e. The van der Waals surface area contributed by atoms with Crippen LogP contribution in [0.4, 0.5) is 0 Å². The molecule has 110 valence electrons. The molecule has 2 aromatic rings. The van der Waals surface area contributed by atoms with E-state index in [1.54, 1.807) is 23.5 Å². The van der Waals surface area contributed by atoms with Crippen molar-refractivity contribution in [3.05, 3.63) is 58.1 Å². The lowest BCUT2D eigenvalue weighted by Gasteiger charge is -2.15. The largest absolute Gasteiger partial charge is 0.352 e. The van der Waals surface area contributed by atoms with E-state index in [0.717, 1.165) is 17.1 Å². The molecule has 21 heavy (non-hydrogen) atoms. The van der Waals surface area contributed by atoms with Crippen LogP contribution in [0.15, 0.2) is 41.8 Å². The lowest BCUT2D eigenvalue weighted by molar-refractivity contribution is -0.116. The van der Waals surface area contributed by atoms with Gasteiger partial charge in [0.1, 0.15) is 0 Å². The highest BCUT2D eigenvalue weighted by Crippen LogP contribution is 2.17. The summed E-state index contributed by atoms with van der Waals surface area (Å²) in [5.74, 6) is 0.278. The van der Waals surface area contributed by atoms with Crippen molar-refractivity contribution in [1.29, 1.82) is 0 Å². The quantitative estimate of drug-likeness (QED) is 0.825. The predicted octanol–water partition coefficient (Wildman–Crippen LogP) is 3.77. The third-order valence-electron chi connectivity index (χ3n) is 3.33. The second kappa shape index (κ2) is 7.74. The van der Waals surface area contributed by atoms with Crippen LogP contribution < -0.4 is 5.32 Å². The Kier molecular flexibility index (Phi) is 5.69. The van der Waals surface area contributed by atoms with Gasteiger partial charge in [0.05, 0.1) is 10.7 Å². The Labute approximate surface area is 129 Å². The van der Waals surface area contributed by atoms with E-state index in [2.05, 4.69) is 29.4 Å². The van der Waals surface area contributed by atoms with Crippen molar-refractivity contribution in [3.8, 4) is 0 Å². The monoisotopic (exact) mass is 300 g/mol. The van der Waals surface area contributed by atoms with Crippen LogP contribution in [-0.2, 0) is 4.79 Å². The molecule has 0 radical (unpaired) electrons. The third-order valence-corrected chi connectivity index (χ3v) is 4.12. The minimum atomic E-state index is -0.0740. The van der Waals surface area contributed by atoms with Crippen molar-refractivity contribution in [2.24, 2.45) is 0 Å². The third kappa shape index (κ3) is 4.83. The molecule has 0 aliphatic carbocycles. The number of rotatable bonds is 6. The van der Waals surface area contributed by atoms with E-state index in [0.29, 0.717) is 12.5 Å². The fourth-order valence-electron chi connectivity index (χ4n) is 2.12. The summed E-state index contributed by atoms with van der Waals surface area (Å²) < 4.78 is 0. The average Bonchev–Trinajstić information content (AvgIpc) is 2.92. The van der Waals surface area contributed by atoms with Crippen molar-refractivity contribution >= 4 is 23.3 Å². The van der Waals surface area contributed by atoms with Gasteiger partial charge in [0.25, 0.3) is 0 Å². The summed E-state index contributed by atoms with van der Waals surface area (Å²) in [6, 6.07) is 10.3. The first-order valence-electron chi connectivity index (χ1n) is 7.12. The van der Waals surface area contributed by atoms with Crippen molar-refractivity contribution < 1.29 is 4.79 Å². The molecule has 0 saturated heterocycles. The standard InChI is InChI=1S/C17H20N2OS/c1-3-14(15-7-5-4-6-8-15)11-18-17(20)10-9-16-12-21-13(2)19-16/h4-10,12,14H,3,11H2,1-2H3,(H,18,20)/b10-9+. The number of nitrogens with zero attached hydrogens (tertiary/aromatic N) is 1. The molecule has 0 fully saturated rings. The number of amides is 1. The number of carbonyl (C=O) groups is 1. The molecule has 2 rings (SSSR count). The van der Waals surface area contributed by atoms with E-state index in [9.17, 15) is 4.79 Å². The molecule has 1 aromatic heterocycles. The second-order valence-corrected chi connectivity index (χ2v) is 5.95. The minimum Gasteiger partial charge on any atom is -0.352 e. The molecule has 4 heteroatoms. The molecular formula is C17H20N2OS. The Bertz CT molecular complexity index is 604. The molecule has 1 atom stereocenters. The molecule has 0 saturated carbocycles.